The predicted molar refractivity (Wildman–Crippen MR) is 88.5 cm³/mol. The van der Waals surface area contributed by atoms with E-state index in [4.69, 9.17) is 11.6 Å². The number of carbonyl (C=O) groups excluding carboxylic acids is 3. The van der Waals surface area contributed by atoms with Gasteiger partial charge in [0, 0.05) is 6.07 Å². The summed E-state index contributed by atoms with van der Waals surface area (Å²) in [5.41, 5.74) is -0.905. The zero-order chi connectivity index (χ0) is 19.0. The minimum Gasteiger partial charge on any atom is -0.323 e. The van der Waals surface area contributed by atoms with Crippen LogP contribution in [0, 0.1) is 15.9 Å². The molecule has 0 unspecified atom stereocenters. The summed E-state index contributed by atoms with van der Waals surface area (Å²) in [6.45, 7) is -0.669. The number of nitrogens with one attached hydrogen (secondary N) is 1. The molecule has 10 heteroatoms. The van der Waals surface area contributed by atoms with Gasteiger partial charge in [-0.2, -0.15) is 0 Å². The maximum absolute atomic E-state index is 13.0. The van der Waals surface area contributed by atoms with Gasteiger partial charge >= 0.3 is 0 Å². The molecule has 0 fully saturated rings. The standard InChI is InChI=1S/C16H9ClFN3O5/c17-10-6-8(18)4-5-11(10)19-13(22)7-20-15(23)9-2-1-3-12(21(25)26)14(9)16(20)24/h1-6H,7H2,(H,19,22). The van der Waals surface area contributed by atoms with Crippen LogP contribution in [-0.4, -0.2) is 34.1 Å². The Hall–Kier alpha value is -3.33. The molecule has 2 aromatic rings. The van der Waals surface area contributed by atoms with Crippen molar-refractivity contribution in [1.29, 1.82) is 0 Å². The number of rotatable bonds is 4. The van der Waals surface area contributed by atoms with Gasteiger partial charge in [0.2, 0.25) is 5.91 Å². The van der Waals surface area contributed by atoms with Gasteiger partial charge in [-0.05, 0) is 24.3 Å². The molecule has 0 radical (unpaired) electrons. The van der Waals surface area contributed by atoms with Gasteiger partial charge in [-0.15, -0.1) is 0 Å². The van der Waals surface area contributed by atoms with Gasteiger partial charge in [-0.3, -0.25) is 29.4 Å². The number of amides is 3. The van der Waals surface area contributed by atoms with Crippen LogP contribution in [0.4, 0.5) is 15.8 Å². The predicted octanol–water partition coefficient (Wildman–Crippen LogP) is 2.62. The second kappa shape index (κ2) is 6.52. The van der Waals surface area contributed by atoms with Crippen molar-refractivity contribution in [3.8, 4) is 0 Å². The molecule has 0 saturated heterocycles. The third kappa shape index (κ3) is 3.00. The van der Waals surface area contributed by atoms with E-state index in [2.05, 4.69) is 5.32 Å². The molecule has 1 aliphatic rings. The van der Waals surface area contributed by atoms with Crippen molar-refractivity contribution in [3.05, 3.63) is 68.5 Å². The third-order valence-corrected chi connectivity index (χ3v) is 3.99. The highest BCUT2D eigenvalue weighted by Crippen LogP contribution is 2.30. The highest BCUT2D eigenvalue weighted by molar-refractivity contribution is 6.33. The lowest BCUT2D eigenvalue weighted by molar-refractivity contribution is -0.385. The Balaban J connectivity index is 1.82. The Morgan fingerprint density at radius 3 is 2.62 bits per heavy atom. The molecule has 0 atom stereocenters. The van der Waals surface area contributed by atoms with Crippen LogP contribution in [0.15, 0.2) is 36.4 Å². The van der Waals surface area contributed by atoms with Crippen molar-refractivity contribution in [2.45, 2.75) is 0 Å². The summed E-state index contributed by atoms with van der Waals surface area (Å²) < 4.78 is 13.0. The van der Waals surface area contributed by atoms with Crippen LogP contribution in [0.1, 0.15) is 20.7 Å². The molecule has 0 spiro atoms. The van der Waals surface area contributed by atoms with Crippen LogP contribution < -0.4 is 5.32 Å². The first kappa shape index (κ1) is 17.5. The quantitative estimate of drug-likeness (QED) is 0.500. The van der Waals surface area contributed by atoms with Gasteiger partial charge in [0.25, 0.3) is 17.5 Å². The third-order valence-electron chi connectivity index (χ3n) is 3.68. The van der Waals surface area contributed by atoms with Crippen LogP contribution in [0.2, 0.25) is 5.02 Å². The first-order chi connectivity index (χ1) is 12.3. The number of nitrogens with zero attached hydrogens (tertiary/aromatic N) is 2. The molecule has 8 nitrogen and oxygen atoms in total. The Labute approximate surface area is 150 Å². The highest BCUT2D eigenvalue weighted by atomic mass is 35.5. The number of anilines is 1. The van der Waals surface area contributed by atoms with E-state index in [1.54, 1.807) is 0 Å². The van der Waals surface area contributed by atoms with E-state index >= 15 is 0 Å². The molecule has 1 aliphatic heterocycles. The Kier molecular flexibility index (Phi) is 4.39. The SMILES string of the molecule is O=C(CN1C(=O)c2cccc([N+](=O)[O-])c2C1=O)Nc1ccc(F)cc1Cl. The number of benzene rings is 2. The summed E-state index contributed by atoms with van der Waals surface area (Å²) in [6.07, 6.45) is 0. The fraction of sp³-hybridized carbons (Fsp3) is 0.0625. The topological polar surface area (TPSA) is 110 Å². The second-order valence-electron chi connectivity index (χ2n) is 5.33. The lowest BCUT2D eigenvalue weighted by atomic mass is 10.1. The van der Waals surface area contributed by atoms with Crippen LogP contribution in [0.25, 0.3) is 0 Å². The smallest absolute Gasteiger partial charge is 0.282 e. The van der Waals surface area contributed by atoms with E-state index in [1.165, 1.54) is 18.2 Å². The van der Waals surface area contributed by atoms with Crippen molar-refractivity contribution in [3.63, 3.8) is 0 Å². The van der Waals surface area contributed by atoms with Crippen molar-refractivity contribution in [1.82, 2.24) is 4.90 Å². The van der Waals surface area contributed by atoms with Crippen LogP contribution >= 0.6 is 11.6 Å². The first-order valence-electron chi connectivity index (χ1n) is 7.18. The fourth-order valence-corrected chi connectivity index (χ4v) is 2.75. The van der Waals surface area contributed by atoms with Crippen LogP contribution in [0.3, 0.4) is 0 Å². The molecule has 3 rings (SSSR count). The Morgan fingerprint density at radius 2 is 1.96 bits per heavy atom. The number of fused-ring (bicyclic) bond motifs is 1. The largest absolute Gasteiger partial charge is 0.323 e. The van der Waals surface area contributed by atoms with E-state index in [9.17, 15) is 28.9 Å². The molecule has 0 bridgehead atoms. The number of imide groups is 1. The molecule has 0 aromatic heterocycles. The molecule has 2 aromatic carbocycles. The van der Waals surface area contributed by atoms with Gasteiger partial charge < -0.3 is 5.32 Å². The van der Waals surface area contributed by atoms with Crippen LogP contribution in [0.5, 0.6) is 0 Å². The van der Waals surface area contributed by atoms with Crippen molar-refractivity contribution >= 4 is 40.7 Å². The van der Waals surface area contributed by atoms with E-state index in [0.29, 0.717) is 4.90 Å². The average molecular weight is 378 g/mol. The molecular formula is C16H9ClFN3O5. The van der Waals surface area contributed by atoms with Crippen molar-refractivity contribution < 1.29 is 23.7 Å². The zero-order valence-electron chi connectivity index (χ0n) is 12.9. The molecule has 1 heterocycles. The van der Waals surface area contributed by atoms with Gasteiger partial charge in [-0.1, -0.05) is 17.7 Å². The fourth-order valence-electron chi connectivity index (χ4n) is 2.54. The van der Waals surface area contributed by atoms with Gasteiger partial charge in [-0.25, -0.2) is 4.39 Å². The Morgan fingerprint density at radius 1 is 1.23 bits per heavy atom. The zero-order valence-corrected chi connectivity index (χ0v) is 13.6. The summed E-state index contributed by atoms with van der Waals surface area (Å²) in [6, 6.07) is 6.95. The summed E-state index contributed by atoms with van der Waals surface area (Å²) >= 11 is 5.80. The lowest BCUT2D eigenvalue weighted by Gasteiger charge is -2.14. The lowest BCUT2D eigenvalue weighted by Crippen LogP contribution is -2.37. The first-order valence-corrected chi connectivity index (χ1v) is 7.56. The summed E-state index contributed by atoms with van der Waals surface area (Å²) in [4.78, 5) is 47.7. The molecule has 1 N–H and O–H groups in total. The van der Waals surface area contributed by atoms with E-state index in [0.717, 1.165) is 18.2 Å². The number of nitro groups is 1. The number of hydrogen-bond donors (Lipinski definition) is 1. The number of halogens is 2. The van der Waals surface area contributed by atoms with E-state index in [1.807, 2.05) is 0 Å². The molecule has 3 amide bonds. The number of carbonyl (C=O) groups is 3. The monoisotopic (exact) mass is 377 g/mol. The van der Waals surface area contributed by atoms with Crippen molar-refractivity contribution in [2.75, 3.05) is 11.9 Å². The number of nitro benzene ring substituents is 1. The maximum atomic E-state index is 13.0. The van der Waals surface area contributed by atoms with E-state index < -0.39 is 40.7 Å². The normalized spacial score (nSPS) is 12.9. The molecule has 132 valence electrons. The van der Waals surface area contributed by atoms with Gasteiger partial charge in [0.15, 0.2) is 0 Å². The summed E-state index contributed by atoms with van der Waals surface area (Å²) in [7, 11) is 0. The summed E-state index contributed by atoms with van der Waals surface area (Å²) in [5, 5.41) is 13.3. The highest BCUT2D eigenvalue weighted by Gasteiger charge is 2.41. The summed E-state index contributed by atoms with van der Waals surface area (Å²) in [5.74, 6) is -3.11. The second-order valence-corrected chi connectivity index (χ2v) is 5.73. The molecular weight excluding hydrogens is 369 g/mol. The maximum Gasteiger partial charge on any atom is 0.282 e. The molecule has 26 heavy (non-hydrogen) atoms. The Bertz CT molecular complexity index is 978. The average Bonchev–Trinajstić information content (AvgIpc) is 2.82. The number of hydrogen-bond acceptors (Lipinski definition) is 5. The van der Waals surface area contributed by atoms with Gasteiger partial charge in [0.05, 0.1) is 21.2 Å². The van der Waals surface area contributed by atoms with Gasteiger partial charge in [0.1, 0.15) is 17.9 Å². The minimum absolute atomic E-state index is 0.0589. The van der Waals surface area contributed by atoms with Crippen LogP contribution in [-0.2, 0) is 4.79 Å². The van der Waals surface area contributed by atoms with E-state index in [-0.39, 0.29) is 21.8 Å². The molecule has 0 saturated carbocycles. The van der Waals surface area contributed by atoms with Crippen molar-refractivity contribution in [2.24, 2.45) is 0 Å². The minimum atomic E-state index is -0.933. The molecule has 0 aliphatic carbocycles.